The largest absolute Gasteiger partial charge is 0.490 e. The van der Waals surface area contributed by atoms with E-state index in [1.54, 1.807) is 0 Å². The zero-order valence-electron chi connectivity index (χ0n) is 8.41. The summed E-state index contributed by atoms with van der Waals surface area (Å²) in [6.07, 6.45) is 0. The van der Waals surface area contributed by atoms with Crippen molar-refractivity contribution in [2.24, 2.45) is 5.14 Å². The zero-order valence-corrected chi connectivity index (χ0v) is 9.23. The standard InChI is InChI=1S/C8H10N2O5S/c1-15-8-6(5-16(9,13)14)3-2-4-7(8)10(11)12/h2-4H,5H2,1H3,(H2,9,13,14). The predicted molar refractivity (Wildman–Crippen MR) is 56.5 cm³/mol. The zero-order chi connectivity index (χ0) is 12.3. The highest BCUT2D eigenvalue weighted by molar-refractivity contribution is 7.88. The molecule has 0 saturated heterocycles. The molecule has 0 spiro atoms. The average molecular weight is 246 g/mol. The molecule has 0 aliphatic carbocycles. The smallest absolute Gasteiger partial charge is 0.311 e. The van der Waals surface area contributed by atoms with Gasteiger partial charge in [-0.05, 0) is 0 Å². The lowest BCUT2D eigenvalue weighted by Gasteiger charge is -2.07. The number of ether oxygens (including phenoxy) is 1. The Balaban J connectivity index is 3.30. The first-order chi connectivity index (χ1) is 7.35. The van der Waals surface area contributed by atoms with E-state index in [1.807, 2.05) is 0 Å². The number of rotatable bonds is 4. The van der Waals surface area contributed by atoms with Gasteiger partial charge < -0.3 is 4.74 Å². The highest BCUT2D eigenvalue weighted by atomic mass is 32.2. The van der Waals surface area contributed by atoms with Crippen LogP contribution in [0.3, 0.4) is 0 Å². The summed E-state index contributed by atoms with van der Waals surface area (Å²) in [5.74, 6) is -0.584. The number of sulfonamides is 1. The van der Waals surface area contributed by atoms with Gasteiger partial charge in [0.05, 0.1) is 17.8 Å². The van der Waals surface area contributed by atoms with E-state index in [2.05, 4.69) is 0 Å². The minimum absolute atomic E-state index is 0.0819. The van der Waals surface area contributed by atoms with Crippen LogP contribution in [0, 0.1) is 10.1 Å². The summed E-state index contributed by atoms with van der Waals surface area (Å²) in [4.78, 5) is 10.00. The van der Waals surface area contributed by atoms with Crippen molar-refractivity contribution in [2.45, 2.75) is 5.75 Å². The van der Waals surface area contributed by atoms with Gasteiger partial charge in [-0.1, -0.05) is 12.1 Å². The van der Waals surface area contributed by atoms with E-state index in [0.717, 1.165) is 0 Å². The van der Waals surface area contributed by atoms with Gasteiger partial charge in [0.25, 0.3) is 0 Å². The third kappa shape index (κ3) is 2.91. The van der Waals surface area contributed by atoms with Crippen LogP contribution in [-0.2, 0) is 15.8 Å². The van der Waals surface area contributed by atoms with Crippen LogP contribution in [0.15, 0.2) is 18.2 Å². The van der Waals surface area contributed by atoms with Gasteiger partial charge in [-0.25, -0.2) is 13.6 Å². The average Bonchev–Trinajstić information content (AvgIpc) is 2.14. The first-order valence-corrected chi connectivity index (χ1v) is 5.87. The van der Waals surface area contributed by atoms with E-state index < -0.39 is 20.7 Å². The molecule has 8 heteroatoms. The Bertz CT molecular complexity index is 511. The number of hydrogen-bond acceptors (Lipinski definition) is 5. The Morgan fingerprint density at radius 2 is 2.12 bits per heavy atom. The molecule has 0 radical (unpaired) electrons. The van der Waals surface area contributed by atoms with E-state index in [9.17, 15) is 18.5 Å². The van der Waals surface area contributed by atoms with E-state index >= 15 is 0 Å². The third-order valence-electron chi connectivity index (χ3n) is 1.83. The number of methoxy groups -OCH3 is 1. The van der Waals surface area contributed by atoms with E-state index in [4.69, 9.17) is 9.88 Å². The molecule has 0 atom stereocenters. The maximum Gasteiger partial charge on any atom is 0.311 e. The van der Waals surface area contributed by atoms with E-state index in [-0.39, 0.29) is 17.0 Å². The second-order valence-corrected chi connectivity index (χ2v) is 4.65. The lowest BCUT2D eigenvalue weighted by molar-refractivity contribution is -0.385. The number of para-hydroxylation sites is 1. The lowest BCUT2D eigenvalue weighted by Crippen LogP contribution is -2.15. The number of nitrogens with zero attached hydrogens (tertiary/aromatic N) is 1. The minimum atomic E-state index is -3.75. The van der Waals surface area contributed by atoms with Crippen LogP contribution in [0.2, 0.25) is 0 Å². The first-order valence-electron chi connectivity index (χ1n) is 4.16. The normalized spacial score (nSPS) is 11.1. The maximum atomic E-state index is 10.9. The fraction of sp³-hybridized carbons (Fsp3) is 0.250. The quantitative estimate of drug-likeness (QED) is 0.610. The maximum absolute atomic E-state index is 10.9. The molecular weight excluding hydrogens is 236 g/mol. The predicted octanol–water partition coefficient (Wildman–Crippen LogP) is 0.392. The molecule has 0 aliphatic heterocycles. The van der Waals surface area contributed by atoms with Crippen LogP contribution < -0.4 is 9.88 Å². The summed E-state index contributed by atoms with van der Waals surface area (Å²) in [7, 11) is -2.52. The summed E-state index contributed by atoms with van der Waals surface area (Å²) in [6, 6.07) is 4.02. The van der Waals surface area contributed by atoms with Crippen LogP contribution in [0.5, 0.6) is 5.75 Å². The van der Waals surface area contributed by atoms with Crippen molar-refractivity contribution < 1.29 is 18.1 Å². The molecule has 0 fully saturated rings. The van der Waals surface area contributed by atoms with Gasteiger partial charge in [-0.15, -0.1) is 0 Å². The molecule has 1 aromatic rings. The molecule has 0 heterocycles. The molecule has 0 unspecified atom stereocenters. The molecule has 0 bridgehead atoms. The number of nitro groups is 1. The van der Waals surface area contributed by atoms with Gasteiger partial charge in [0.1, 0.15) is 0 Å². The Morgan fingerprint density at radius 3 is 2.56 bits per heavy atom. The third-order valence-corrected chi connectivity index (χ3v) is 2.55. The Hall–Kier alpha value is -1.67. The molecule has 0 aliphatic rings. The molecule has 1 aromatic carbocycles. The van der Waals surface area contributed by atoms with Crippen LogP contribution in [0.25, 0.3) is 0 Å². The molecule has 0 amide bonds. The Morgan fingerprint density at radius 1 is 1.50 bits per heavy atom. The summed E-state index contributed by atoms with van der Waals surface area (Å²) >= 11 is 0. The van der Waals surface area contributed by atoms with E-state index in [1.165, 1.54) is 25.3 Å². The van der Waals surface area contributed by atoms with Crippen molar-refractivity contribution in [1.82, 2.24) is 0 Å². The highest BCUT2D eigenvalue weighted by Gasteiger charge is 2.20. The summed E-state index contributed by atoms with van der Waals surface area (Å²) < 4.78 is 26.6. The Kier molecular flexibility index (Phi) is 3.45. The van der Waals surface area contributed by atoms with Crippen molar-refractivity contribution in [1.29, 1.82) is 0 Å². The van der Waals surface area contributed by atoms with Crippen molar-refractivity contribution in [2.75, 3.05) is 7.11 Å². The van der Waals surface area contributed by atoms with Crippen LogP contribution in [0.4, 0.5) is 5.69 Å². The fourth-order valence-electron chi connectivity index (χ4n) is 1.28. The van der Waals surface area contributed by atoms with Crippen molar-refractivity contribution in [3.05, 3.63) is 33.9 Å². The van der Waals surface area contributed by atoms with Gasteiger partial charge in [-0.2, -0.15) is 0 Å². The molecule has 7 nitrogen and oxygen atoms in total. The minimum Gasteiger partial charge on any atom is -0.490 e. The summed E-state index contributed by atoms with van der Waals surface area (Å²) in [5.41, 5.74) is -0.122. The molecule has 0 aromatic heterocycles. The molecule has 0 saturated carbocycles. The molecule has 1 rings (SSSR count). The van der Waals surface area contributed by atoms with Crippen LogP contribution >= 0.6 is 0 Å². The first kappa shape index (κ1) is 12.4. The summed E-state index contributed by atoms with van der Waals surface area (Å²) in [5, 5.41) is 15.5. The van der Waals surface area contributed by atoms with Gasteiger partial charge in [0.15, 0.2) is 0 Å². The summed E-state index contributed by atoms with van der Waals surface area (Å²) in [6.45, 7) is 0. The molecular formula is C8H10N2O5S. The molecule has 16 heavy (non-hydrogen) atoms. The number of primary sulfonamides is 1. The Labute approximate surface area is 92.0 Å². The van der Waals surface area contributed by atoms with Crippen molar-refractivity contribution in [3.8, 4) is 5.75 Å². The van der Waals surface area contributed by atoms with Gasteiger partial charge in [-0.3, -0.25) is 10.1 Å². The second-order valence-electron chi connectivity index (χ2n) is 3.03. The van der Waals surface area contributed by atoms with Crippen LogP contribution in [0.1, 0.15) is 5.56 Å². The fourth-order valence-corrected chi connectivity index (χ4v) is 1.94. The molecule has 88 valence electrons. The van der Waals surface area contributed by atoms with E-state index in [0.29, 0.717) is 0 Å². The van der Waals surface area contributed by atoms with Gasteiger partial charge in [0.2, 0.25) is 15.8 Å². The number of nitrogens with two attached hydrogens (primary N) is 1. The van der Waals surface area contributed by atoms with Crippen molar-refractivity contribution >= 4 is 15.7 Å². The monoisotopic (exact) mass is 246 g/mol. The SMILES string of the molecule is COc1c(CS(N)(=O)=O)cccc1[N+](=O)[O-]. The lowest BCUT2D eigenvalue weighted by atomic mass is 10.2. The van der Waals surface area contributed by atoms with Crippen LogP contribution in [-0.4, -0.2) is 20.5 Å². The van der Waals surface area contributed by atoms with Gasteiger partial charge in [0, 0.05) is 11.6 Å². The number of benzene rings is 1. The van der Waals surface area contributed by atoms with Gasteiger partial charge >= 0.3 is 5.69 Å². The topological polar surface area (TPSA) is 113 Å². The number of nitro benzene ring substituents is 1. The molecule has 2 N–H and O–H groups in total. The number of hydrogen-bond donors (Lipinski definition) is 1. The van der Waals surface area contributed by atoms with Crippen molar-refractivity contribution in [3.63, 3.8) is 0 Å². The second kappa shape index (κ2) is 4.45. The highest BCUT2D eigenvalue weighted by Crippen LogP contribution is 2.31.